The van der Waals surface area contributed by atoms with Crippen LogP contribution in [0, 0.1) is 5.92 Å². The Bertz CT molecular complexity index is 473. The number of rotatable bonds is 3. The molecule has 0 radical (unpaired) electrons. The third-order valence-electron chi connectivity index (χ3n) is 3.23. The van der Waals surface area contributed by atoms with Gasteiger partial charge in [-0.3, -0.25) is 9.59 Å². The quantitative estimate of drug-likeness (QED) is 0.736. The SMILES string of the molecule is CC1CCNC1C(=O)Nc1cccc(C(N)=O)c1. The zero-order valence-electron chi connectivity index (χ0n) is 10.3. The van der Waals surface area contributed by atoms with Gasteiger partial charge in [-0.05, 0) is 37.1 Å². The van der Waals surface area contributed by atoms with Crippen LogP contribution in [0.25, 0.3) is 0 Å². The summed E-state index contributed by atoms with van der Waals surface area (Å²) in [6, 6.07) is 6.47. The average Bonchev–Trinajstić information content (AvgIpc) is 2.76. The lowest BCUT2D eigenvalue weighted by Crippen LogP contribution is -2.39. The van der Waals surface area contributed by atoms with Crippen molar-refractivity contribution in [3.05, 3.63) is 29.8 Å². The molecule has 5 nitrogen and oxygen atoms in total. The van der Waals surface area contributed by atoms with Gasteiger partial charge in [-0.2, -0.15) is 0 Å². The molecule has 2 rings (SSSR count). The van der Waals surface area contributed by atoms with E-state index in [1.54, 1.807) is 24.3 Å². The Hall–Kier alpha value is -1.88. The van der Waals surface area contributed by atoms with Crippen LogP contribution < -0.4 is 16.4 Å². The molecule has 2 unspecified atom stereocenters. The lowest BCUT2D eigenvalue weighted by molar-refractivity contribution is -0.118. The highest BCUT2D eigenvalue weighted by Gasteiger charge is 2.29. The standard InChI is InChI=1S/C13H17N3O2/c1-8-5-6-15-11(8)13(18)16-10-4-2-3-9(7-10)12(14)17/h2-4,7-8,11,15H,5-6H2,1H3,(H2,14,17)(H,16,18). The van der Waals surface area contributed by atoms with Gasteiger partial charge in [0.05, 0.1) is 6.04 Å². The minimum Gasteiger partial charge on any atom is -0.366 e. The Morgan fingerprint density at radius 3 is 2.83 bits per heavy atom. The van der Waals surface area contributed by atoms with Crippen LogP contribution in [0.15, 0.2) is 24.3 Å². The normalized spacial score (nSPS) is 22.7. The number of benzene rings is 1. The number of hydrogen-bond donors (Lipinski definition) is 3. The molecule has 2 atom stereocenters. The molecule has 2 amide bonds. The second-order valence-electron chi connectivity index (χ2n) is 4.63. The first-order chi connectivity index (χ1) is 8.58. The molecule has 0 bridgehead atoms. The third-order valence-corrected chi connectivity index (χ3v) is 3.23. The molecule has 1 aliphatic heterocycles. The van der Waals surface area contributed by atoms with E-state index >= 15 is 0 Å². The summed E-state index contributed by atoms with van der Waals surface area (Å²) < 4.78 is 0. The molecule has 0 aromatic heterocycles. The molecule has 1 aromatic carbocycles. The number of primary amides is 1. The Morgan fingerprint density at radius 2 is 2.22 bits per heavy atom. The highest BCUT2D eigenvalue weighted by molar-refractivity contribution is 5.98. The van der Waals surface area contributed by atoms with Crippen LogP contribution >= 0.6 is 0 Å². The predicted octanol–water partition coefficient (Wildman–Crippen LogP) is 0.722. The minimum atomic E-state index is -0.501. The molecule has 1 fully saturated rings. The first kappa shape index (κ1) is 12.6. The Morgan fingerprint density at radius 1 is 1.44 bits per heavy atom. The summed E-state index contributed by atoms with van der Waals surface area (Å²) in [5.41, 5.74) is 6.18. The van der Waals surface area contributed by atoms with Crippen molar-refractivity contribution in [1.82, 2.24) is 5.32 Å². The van der Waals surface area contributed by atoms with Gasteiger partial charge in [0.25, 0.3) is 0 Å². The van der Waals surface area contributed by atoms with E-state index < -0.39 is 5.91 Å². The van der Waals surface area contributed by atoms with Gasteiger partial charge in [-0.1, -0.05) is 13.0 Å². The molecule has 0 spiro atoms. The topological polar surface area (TPSA) is 84.2 Å². The van der Waals surface area contributed by atoms with E-state index in [1.165, 1.54) is 0 Å². The van der Waals surface area contributed by atoms with Gasteiger partial charge in [-0.25, -0.2) is 0 Å². The average molecular weight is 247 g/mol. The van der Waals surface area contributed by atoms with Crippen molar-refractivity contribution in [2.45, 2.75) is 19.4 Å². The maximum Gasteiger partial charge on any atom is 0.248 e. The number of nitrogens with one attached hydrogen (secondary N) is 2. The van der Waals surface area contributed by atoms with E-state index in [0.29, 0.717) is 17.2 Å². The Labute approximate surface area is 106 Å². The van der Waals surface area contributed by atoms with Crippen LogP contribution in [-0.2, 0) is 4.79 Å². The van der Waals surface area contributed by atoms with Crippen molar-refractivity contribution in [2.24, 2.45) is 11.7 Å². The van der Waals surface area contributed by atoms with E-state index in [2.05, 4.69) is 10.6 Å². The smallest absolute Gasteiger partial charge is 0.248 e. The third kappa shape index (κ3) is 2.68. The second-order valence-corrected chi connectivity index (χ2v) is 4.63. The predicted molar refractivity (Wildman–Crippen MR) is 69.2 cm³/mol. The Balaban J connectivity index is 2.07. The van der Waals surface area contributed by atoms with Gasteiger partial charge in [0.2, 0.25) is 11.8 Å². The fraction of sp³-hybridized carbons (Fsp3) is 0.385. The summed E-state index contributed by atoms with van der Waals surface area (Å²) in [6.45, 7) is 2.91. The number of carbonyl (C=O) groups is 2. The van der Waals surface area contributed by atoms with Crippen molar-refractivity contribution in [3.8, 4) is 0 Å². The molecular weight excluding hydrogens is 230 g/mol. The maximum atomic E-state index is 12.0. The van der Waals surface area contributed by atoms with Gasteiger partial charge in [-0.15, -0.1) is 0 Å². The first-order valence-corrected chi connectivity index (χ1v) is 6.02. The molecule has 96 valence electrons. The molecule has 1 saturated heterocycles. The second kappa shape index (κ2) is 5.18. The summed E-state index contributed by atoms with van der Waals surface area (Å²) in [4.78, 5) is 23.1. The van der Waals surface area contributed by atoms with Crippen molar-refractivity contribution < 1.29 is 9.59 Å². The van der Waals surface area contributed by atoms with Crippen molar-refractivity contribution in [2.75, 3.05) is 11.9 Å². The first-order valence-electron chi connectivity index (χ1n) is 6.02. The lowest BCUT2D eigenvalue weighted by atomic mass is 10.0. The highest BCUT2D eigenvalue weighted by Crippen LogP contribution is 2.17. The summed E-state index contributed by atoms with van der Waals surface area (Å²) in [6.07, 6.45) is 0.999. The van der Waals surface area contributed by atoms with Gasteiger partial charge in [0, 0.05) is 11.3 Å². The summed E-state index contributed by atoms with van der Waals surface area (Å²) >= 11 is 0. The minimum absolute atomic E-state index is 0.0679. The Kier molecular flexibility index (Phi) is 3.62. The fourth-order valence-electron chi connectivity index (χ4n) is 2.16. The van der Waals surface area contributed by atoms with Crippen LogP contribution in [0.5, 0.6) is 0 Å². The molecule has 0 saturated carbocycles. The van der Waals surface area contributed by atoms with E-state index in [4.69, 9.17) is 5.73 Å². The van der Waals surface area contributed by atoms with Crippen molar-refractivity contribution in [3.63, 3.8) is 0 Å². The van der Waals surface area contributed by atoms with E-state index in [-0.39, 0.29) is 11.9 Å². The fourth-order valence-corrected chi connectivity index (χ4v) is 2.16. The maximum absolute atomic E-state index is 12.0. The van der Waals surface area contributed by atoms with Gasteiger partial charge >= 0.3 is 0 Å². The van der Waals surface area contributed by atoms with Gasteiger partial charge < -0.3 is 16.4 Å². The summed E-state index contributed by atoms with van der Waals surface area (Å²) in [5, 5.41) is 5.96. The molecular formula is C13H17N3O2. The zero-order valence-corrected chi connectivity index (χ0v) is 10.3. The number of carbonyl (C=O) groups excluding carboxylic acids is 2. The van der Waals surface area contributed by atoms with E-state index in [1.807, 2.05) is 6.92 Å². The number of hydrogen-bond acceptors (Lipinski definition) is 3. The lowest BCUT2D eigenvalue weighted by Gasteiger charge is -2.15. The summed E-state index contributed by atoms with van der Waals surface area (Å²) in [7, 11) is 0. The number of anilines is 1. The van der Waals surface area contributed by atoms with Crippen LogP contribution in [-0.4, -0.2) is 24.4 Å². The largest absolute Gasteiger partial charge is 0.366 e. The molecule has 0 aliphatic carbocycles. The van der Waals surface area contributed by atoms with Gasteiger partial charge in [0.15, 0.2) is 0 Å². The molecule has 1 heterocycles. The molecule has 1 aliphatic rings. The van der Waals surface area contributed by atoms with E-state index in [9.17, 15) is 9.59 Å². The van der Waals surface area contributed by atoms with E-state index in [0.717, 1.165) is 13.0 Å². The van der Waals surface area contributed by atoms with Crippen LogP contribution in [0.4, 0.5) is 5.69 Å². The molecule has 18 heavy (non-hydrogen) atoms. The van der Waals surface area contributed by atoms with Crippen molar-refractivity contribution in [1.29, 1.82) is 0 Å². The monoisotopic (exact) mass is 247 g/mol. The van der Waals surface area contributed by atoms with Crippen LogP contribution in [0.1, 0.15) is 23.7 Å². The molecule has 5 heteroatoms. The molecule has 1 aromatic rings. The number of amides is 2. The highest BCUT2D eigenvalue weighted by atomic mass is 16.2. The van der Waals surface area contributed by atoms with Crippen molar-refractivity contribution >= 4 is 17.5 Å². The summed E-state index contributed by atoms with van der Waals surface area (Å²) in [5.74, 6) is -0.246. The van der Waals surface area contributed by atoms with Crippen LogP contribution in [0.2, 0.25) is 0 Å². The zero-order chi connectivity index (χ0) is 13.1. The number of nitrogens with two attached hydrogens (primary N) is 1. The van der Waals surface area contributed by atoms with Crippen LogP contribution in [0.3, 0.4) is 0 Å². The van der Waals surface area contributed by atoms with Gasteiger partial charge in [0.1, 0.15) is 0 Å². The molecule has 4 N–H and O–H groups in total.